The molecule has 10 nitrogen and oxygen atoms in total. The van der Waals surface area contributed by atoms with Crippen LogP contribution in [0.5, 0.6) is 0 Å². The summed E-state index contributed by atoms with van der Waals surface area (Å²) in [6, 6.07) is 3.29. The van der Waals surface area contributed by atoms with Gasteiger partial charge >= 0.3 is 11.9 Å². The number of nitrogens with one attached hydrogen (secondary N) is 1. The molecule has 2 heterocycles. The molecule has 11 heteroatoms. The van der Waals surface area contributed by atoms with Gasteiger partial charge in [-0.15, -0.1) is 11.3 Å². The number of anilines is 1. The first-order chi connectivity index (χ1) is 14.3. The van der Waals surface area contributed by atoms with Gasteiger partial charge in [0.1, 0.15) is 17.4 Å². The monoisotopic (exact) mass is 436 g/mol. The molecule has 0 aliphatic rings. The van der Waals surface area contributed by atoms with E-state index >= 15 is 0 Å². The Kier molecular flexibility index (Phi) is 8.32. The first kappa shape index (κ1) is 22.8. The Hall–Kier alpha value is -3.44. The van der Waals surface area contributed by atoms with Crippen molar-refractivity contribution in [3.8, 4) is 0 Å². The predicted molar refractivity (Wildman–Crippen MR) is 107 cm³/mol. The molecule has 3 N–H and O–H groups in total. The van der Waals surface area contributed by atoms with Gasteiger partial charge in [0.15, 0.2) is 6.61 Å². The molecule has 30 heavy (non-hydrogen) atoms. The number of methoxy groups -OCH3 is 1. The first-order valence-electron chi connectivity index (χ1n) is 8.61. The lowest BCUT2D eigenvalue weighted by Gasteiger charge is -2.08. The van der Waals surface area contributed by atoms with Crippen molar-refractivity contribution in [2.45, 2.75) is 6.92 Å². The van der Waals surface area contributed by atoms with Crippen molar-refractivity contribution in [2.24, 2.45) is 5.73 Å². The number of carbonyl (C=O) groups is 4. The molecule has 0 aliphatic heterocycles. The average Bonchev–Trinajstić information content (AvgIpc) is 3.32. The van der Waals surface area contributed by atoms with Crippen LogP contribution in [0.2, 0.25) is 0 Å². The van der Waals surface area contributed by atoms with Crippen molar-refractivity contribution in [1.82, 2.24) is 0 Å². The number of hydrogen-bond donors (Lipinski definition) is 2. The second kappa shape index (κ2) is 10.9. The van der Waals surface area contributed by atoms with E-state index in [2.05, 4.69) is 5.32 Å². The van der Waals surface area contributed by atoms with Crippen LogP contribution in [-0.4, -0.2) is 50.7 Å². The van der Waals surface area contributed by atoms with E-state index in [1.807, 2.05) is 0 Å². The van der Waals surface area contributed by atoms with Crippen LogP contribution in [0, 0.1) is 6.92 Å². The number of ether oxygens (including phenoxy) is 3. The molecule has 0 radical (unpaired) electrons. The van der Waals surface area contributed by atoms with E-state index in [-0.39, 0.29) is 34.2 Å². The second-order valence-electron chi connectivity index (χ2n) is 5.76. The Morgan fingerprint density at radius 2 is 2.00 bits per heavy atom. The summed E-state index contributed by atoms with van der Waals surface area (Å²) in [4.78, 5) is 47.9. The van der Waals surface area contributed by atoms with Gasteiger partial charge < -0.3 is 29.7 Å². The lowest BCUT2D eigenvalue weighted by atomic mass is 10.1. The van der Waals surface area contributed by atoms with Crippen molar-refractivity contribution in [3.63, 3.8) is 0 Å². The van der Waals surface area contributed by atoms with Crippen LogP contribution in [0.3, 0.4) is 0 Å². The smallest absolute Gasteiger partial charge is 0.341 e. The average molecular weight is 436 g/mol. The molecule has 0 aliphatic carbocycles. The van der Waals surface area contributed by atoms with Gasteiger partial charge in [-0.2, -0.15) is 0 Å². The van der Waals surface area contributed by atoms with Crippen molar-refractivity contribution < 1.29 is 37.8 Å². The van der Waals surface area contributed by atoms with Crippen molar-refractivity contribution in [1.29, 1.82) is 0 Å². The SMILES string of the molecule is COCCOC(=O)c1c(NC(=O)COC(=O)C=Cc2ccco2)sc(C(N)=O)c1C. The van der Waals surface area contributed by atoms with Crippen LogP contribution in [0.15, 0.2) is 28.9 Å². The minimum atomic E-state index is -0.763. The summed E-state index contributed by atoms with van der Waals surface area (Å²) in [5, 5.41) is 2.51. The summed E-state index contributed by atoms with van der Waals surface area (Å²) in [6.45, 7) is 1.07. The fourth-order valence-corrected chi connectivity index (χ4v) is 3.32. The number of furan rings is 1. The van der Waals surface area contributed by atoms with Crippen LogP contribution in [0.1, 0.15) is 31.4 Å². The van der Waals surface area contributed by atoms with Crippen LogP contribution in [0.25, 0.3) is 6.08 Å². The number of thiophene rings is 1. The molecule has 2 aromatic heterocycles. The topological polar surface area (TPSA) is 147 Å². The molecule has 0 bridgehead atoms. The van der Waals surface area contributed by atoms with Gasteiger partial charge in [-0.25, -0.2) is 9.59 Å². The molecular weight excluding hydrogens is 416 g/mol. The van der Waals surface area contributed by atoms with Gasteiger partial charge in [0.2, 0.25) is 0 Å². The lowest BCUT2D eigenvalue weighted by Crippen LogP contribution is -2.21. The molecule has 2 amide bonds. The summed E-state index contributed by atoms with van der Waals surface area (Å²) in [5.41, 5.74) is 5.61. The van der Waals surface area contributed by atoms with Gasteiger partial charge in [-0.3, -0.25) is 9.59 Å². The highest BCUT2D eigenvalue weighted by Gasteiger charge is 2.26. The molecule has 0 fully saturated rings. The van der Waals surface area contributed by atoms with Crippen molar-refractivity contribution >= 4 is 46.2 Å². The molecule has 160 valence electrons. The molecule has 0 atom stereocenters. The largest absolute Gasteiger partial charge is 0.465 e. The molecule has 0 spiro atoms. The van der Waals surface area contributed by atoms with Gasteiger partial charge in [-0.05, 0) is 30.7 Å². The molecule has 0 unspecified atom stereocenters. The van der Waals surface area contributed by atoms with Crippen LogP contribution in [-0.2, 0) is 23.8 Å². The standard InChI is InChI=1S/C19H20N2O8S/c1-11-15(19(25)28-9-8-26-2)18(30-16(11)17(20)24)21-13(22)10-29-14(23)6-5-12-4-3-7-27-12/h3-7H,8-10H2,1-2H3,(H2,20,24)(H,21,22). The Morgan fingerprint density at radius 3 is 2.63 bits per heavy atom. The summed E-state index contributed by atoms with van der Waals surface area (Å²) in [7, 11) is 1.45. The fraction of sp³-hybridized carbons (Fsp3) is 0.263. The van der Waals surface area contributed by atoms with Crippen molar-refractivity contribution in [2.75, 3.05) is 32.2 Å². The third-order valence-electron chi connectivity index (χ3n) is 3.62. The highest BCUT2D eigenvalue weighted by molar-refractivity contribution is 7.18. The number of esters is 2. The quantitative estimate of drug-likeness (QED) is 0.325. The van der Waals surface area contributed by atoms with E-state index in [9.17, 15) is 19.2 Å². The minimum absolute atomic E-state index is 0.00212. The van der Waals surface area contributed by atoms with Gasteiger partial charge in [-0.1, -0.05) is 0 Å². The van der Waals surface area contributed by atoms with Gasteiger partial charge in [0.05, 0.1) is 23.3 Å². The number of rotatable bonds is 10. The Bertz CT molecular complexity index is 946. The maximum absolute atomic E-state index is 12.4. The summed E-state index contributed by atoms with van der Waals surface area (Å²) in [5.74, 6) is -2.53. The zero-order valence-corrected chi connectivity index (χ0v) is 17.1. The number of nitrogens with two attached hydrogens (primary N) is 1. The zero-order chi connectivity index (χ0) is 22.1. The first-order valence-corrected chi connectivity index (χ1v) is 9.42. The number of hydrogen-bond acceptors (Lipinski definition) is 9. The number of amides is 2. The molecule has 0 aromatic carbocycles. The lowest BCUT2D eigenvalue weighted by molar-refractivity contribution is -0.142. The highest BCUT2D eigenvalue weighted by atomic mass is 32.1. The number of carbonyl (C=O) groups excluding carboxylic acids is 4. The van der Waals surface area contributed by atoms with Crippen LogP contribution in [0.4, 0.5) is 5.00 Å². The third-order valence-corrected chi connectivity index (χ3v) is 4.84. The van der Waals surface area contributed by atoms with E-state index in [0.29, 0.717) is 5.76 Å². The summed E-state index contributed by atoms with van der Waals surface area (Å²) >= 11 is 0.827. The second-order valence-corrected chi connectivity index (χ2v) is 6.78. The van der Waals surface area contributed by atoms with E-state index in [4.69, 9.17) is 24.4 Å². The summed E-state index contributed by atoms with van der Waals surface area (Å²) in [6.07, 6.45) is 3.93. The molecular formula is C19H20N2O8S. The Morgan fingerprint density at radius 1 is 1.23 bits per heavy atom. The van der Waals surface area contributed by atoms with Crippen molar-refractivity contribution in [3.05, 3.63) is 46.2 Å². The molecule has 0 saturated heterocycles. The normalized spacial score (nSPS) is 10.7. The predicted octanol–water partition coefficient (Wildman–Crippen LogP) is 1.75. The molecule has 2 rings (SSSR count). The maximum atomic E-state index is 12.4. The fourth-order valence-electron chi connectivity index (χ4n) is 2.26. The van der Waals surface area contributed by atoms with Gasteiger partial charge in [0, 0.05) is 13.2 Å². The van der Waals surface area contributed by atoms with E-state index < -0.39 is 30.4 Å². The van der Waals surface area contributed by atoms with E-state index in [1.54, 1.807) is 12.1 Å². The van der Waals surface area contributed by atoms with E-state index in [1.165, 1.54) is 26.4 Å². The van der Waals surface area contributed by atoms with E-state index in [0.717, 1.165) is 17.4 Å². The molecule has 0 saturated carbocycles. The Labute approximate surface area is 175 Å². The van der Waals surface area contributed by atoms with Crippen LogP contribution < -0.4 is 11.1 Å². The highest BCUT2D eigenvalue weighted by Crippen LogP contribution is 2.33. The Balaban J connectivity index is 2.03. The maximum Gasteiger partial charge on any atom is 0.341 e. The minimum Gasteiger partial charge on any atom is -0.465 e. The zero-order valence-electron chi connectivity index (χ0n) is 16.3. The van der Waals surface area contributed by atoms with Crippen LogP contribution >= 0.6 is 11.3 Å². The third kappa shape index (κ3) is 6.29. The molecule has 2 aromatic rings. The van der Waals surface area contributed by atoms with Gasteiger partial charge in [0.25, 0.3) is 11.8 Å². The number of primary amides is 1. The summed E-state index contributed by atoms with van der Waals surface area (Å²) < 4.78 is 19.8.